The number of halogens is 3. The molecule has 23 heavy (non-hydrogen) atoms. The molecule has 0 saturated carbocycles. The minimum absolute atomic E-state index is 0.0624. The first-order chi connectivity index (χ1) is 10.7. The summed E-state index contributed by atoms with van der Waals surface area (Å²) in [6.45, 7) is -0.863. The van der Waals surface area contributed by atoms with Crippen molar-refractivity contribution >= 4 is 15.9 Å². The van der Waals surface area contributed by atoms with Gasteiger partial charge in [0.25, 0.3) is 5.91 Å². The second kappa shape index (κ2) is 8.27. The van der Waals surface area contributed by atoms with Crippen LogP contribution in [-0.2, 0) is 14.8 Å². The lowest BCUT2D eigenvalue weighted by Gasteiger charge is -2.09. The van der Waals surface area contributed by atoms with E-state index >= 15 is 0 Å². The van der Waals surface area contributed by atoms with Gasteiger partial charge < -0.3 is 10.1 Å². The van der Waals surface area contributed by atoms with Crippen LogP contribution >= 0.6 is 0 Å². The van der Waals surface area contributed by atoms with Gasteiger partial charge in [0, 0.05) is 25.8 Å². The van der Waals surface area contributed by atoms with Gasteiger partial charge in [0.2, 0.25) is 10.0 Å². The van der Waals surface area contributed by atoms with Crippen molar-refractivity contribution in [1.29, 1.82) is 0 Å². The summed E-state index contributed by atoms with van der Waals surface area (Å²) >= 11 is 0. The Labute approximate surface area is 132 Å². The molecule has 0 saturated heterocycles. The number of sulfonamides is 1. The molecule has 6 nitrogen and oxygen atoms in total. The second-order valence-corrected chi connectivity index (χ2v) is 6.33. The Morgan fingerprint density at radius 2 is 1.83 bits per heavy atom. The molecule has 0 unspecified atom stereocenters. The number of nitrogens with one attached hydrogen (secondary N) is 2. The SMILES string of the molecule is COCCCNS(=O)(=O)c1ccc(C(=O)NCC(F)(F)F)cc1. The molecule has 10 heteroatoms. The normalized spacial score (nSPS) is 12.2. The molecule has 0 spiro atoms. The molecular weight excluding hydrogens is 337 g/mol. The second-order valence-electron chi connectivity index (χ2n) is 4.57. The first-order valence-electron chi connectivity index (χ1n) is 6.59. The van der Waals surface area contributed by atoms with E-state index in [0.29, 0.717) is 13.0 Å². The van der Waals surface area contributed by atoms with E-state index in [1.165, 1.54) is 7.11 Å². The van der Waals surface area contributed by atoms with E-state index in [1.54, 1.807) is 5.32 Å². The average Bonchev–Trinajstić information content (AvgIpc) is 2.48. The van der Waals surface area contributed by atoms with Gasteiger partial charge in [0.1, 0.15) is 6.54 Å². The molecule has 0 aliphatic rings. The summed E-state index contributed by atoms with van der Waals surface area (Å²) in [4.78, 5) is 11.4. The zero-order valence-electron chi connectivity index (χ0n) is 12.3. The van der Waals surface area contributed by atoms with E-state index in [9.17, 15) is 26.4 Å². The maximum Gasteiger partial charge on any atom is 0.405 e. The molecule has 0 aromatic heterocycles. The molecule has 2 N–H and O–H groups in total. The molecule has 130 valence electrons. The van der Waals surface area contributed by atoms with Crippen LogP contribution in [0.4, 0.5) is 13.2 Å². The number of rotatable bonds is 8. The van der Waals surface area contributed by atoms with Gasteiger partial charge >= 0.3 is 6.18 Å². The maximum absolute atomic E-state index is 12.0. The fourth-order valence-electron chi connectivity index (χ4n) is 1.57. The third kappa shape index (κ3) is 6.97. The lowest BCUT2D eigenvalue weighted by atomic mass is 10.2. The molecule has 1 aromatic carbocycles. The Morgan fingerprint density at radius 1 is 1.22 bits per heavy atom. The fourth-order valence-corrected chi connectivity index (χ4v) is 2.65. The summed E-state index contributed by atoms with van der Waals surface area (Å²) in [5, 5.41) is 1.70. The number of methoxy groups -OCH3 is 1. The van der Waals surface area contributed by atoms with Gasteiger partial charge in [-0.25, -0.2) is 13.1 Å². The van der Waals surface area contributed by atoms with Crippen molar-refractivity contribution in [2.45, 2.75) is 17.5 Å². The van der Waals surface area contributed by atoms with Crippen LogP contribution in [0.15, 0.2) is 29.2 Å². The van der Waals surface area contributed by atoms with E-state index in [1.807, 2.05) is 0 Å². The maximum atomic E-state index is 12.0. The highest BCUT2D eigenvalue weighted by Gasteiger charge is 2.28. The Hall–Kier alpha value is -1.65. The van der Waals surface area contributed by atoms with E-state index in [4.69, 9.17) is 4.74 Å². The molecule has 0 aliphatic heterocycles. The van der Waals surface area contributed by atoms with Crippen molar-refractivity contribution in [3.63, 3.8) is 0 Å². The molecule has 0 atom stereocenters. The predicted molar refractivity (Wildman–Crippen MR) is 76.5 cm³/mol. The van der Waals surface area contributed by atoms with Crippen LogP contribution < -0.4 is 10.0 Å². The minimum Gasteiger partial charge on any atom is -0.385 e. The molecule has 1 aromatic rings. The number of amides is 1. The summed E-state index contributed by atoms with van der Waals surface area (Å²) in [7, 11) is -2.24. The van der Waals surface area contributed by atoms with Gasteiger partial charge in [-0.15, -0.1) is 0 Å². The quantitative estimate of drug-likeness (QED) is 0.689. The van der Waals surface area contributed by atoms with Crippen LogP contribution in [0.25, 0.3) is 0 Å². The van der Waals surface area contributed by atoms with E-state index < -0.39 is 28.7 Å². The largest absolute Gasteiger partial charge is 0.405 e. The number of alkyl halides is 3. The van der Waals surface area contributed by atoms with Crippen LogP contribution in [-0.4, -0.2) is 47.3 Å². The van der Waals surface area contributed by atoms with Gasteiger partial charge in [-0.3, -0.25) is 4.79 Å². The molecule has 1 rings (SSSR count). The molecule has 0 fully saturated rings. The zero-order chi connectivity index (χ0) is 17.5. The van der Waals surface area contributed by atoms with Crippen molar-refractivity contribution in [2.24, 2.45) is 0 Å². The Balaban J connectivity index is 2.66. The lowest BCUT2D eigenvalue weighted by Crippen LogP contribution is -2.33. The number of hydrogen-bond donors (Lipinski definition) is 2. The average molecular weight is 354 g/mol. The van der Waals surface area contributed by atoms with Crippen LogP contribution in [0.1, 0.15) is 16.8 Å². The number of carbonyl (C=O) groups excluding carboxylic acids is 1. The molecule has 0 radical (unpaired) electrons. The molecule has 1 amide bonds. The Morgan fingerprint density at radius 3 is 2.35 bits per heavy atom. The summed E-state index contributed by atoms with van der Waals surface area (Å²) in [5.74, 6) is -0.931. The first-order valence-corrected chi connectivity index (χ1v) is 8.07. The van der Waals surface area contributed by atoms with Crippen LogP contribution in [0, 0.1) is 0 Å². The third-order valence-electron chi connectivity index (χ3n) is 2.69. The first kappa shape index (κ1) is 19.4. The summed E-state index contributed by atoms with van der Waals surface area (Å²) < 4.78 is 67.0. The van der Waals surface area contributed by atoms with Crippen LogP contribution in [0.2, 0.25) is 0 Å². The Kier molecular flexibility index (Phi) is 6.98. The van der Waals surface area contributed by atoms with Gasteiger partial charge in [-0.05, 0) is 30.7 Å². The highest BCUT2D eigenvalue weighted by molar-refractivity contribution is 7.89. The van der Waals surface area contributed by atoms with Crippen molar-refractivity contribution in [1.82, 2.24) is 10.0 Å². The van der Waals surface area contributed by atoms with Gasteiger partial charge in [-0.2, -0.15) is 13.2 Å². The summed E-state index contributed by atoms with van der Waals surface area (Å²) in [5.41, 5.74) is -0.0624. The standard InChI is InChI=1S/C13H17F3N2O4S/c1-22-8-2-7-18-23(20,21)11-5-3-10(4-6-11)12(19)17-9-13(14,15)16/h3-6,18H,2,7-9H2,1H3,(H,17,19). The zero-order valence-corrected chi connectivity index (χ0v) is 13.1. The number of carbonyl (C=O) groups is 1. The number of ether oxygens (including phenoxy) is 1. The van der Waals surface area contributed by atoms with Gasteiger partial charge in [0.05, 0.1) is 4.90 Å². The van der Waals surface area contributed by atoms with Crippen molar-refractivity contribution in [3.05, 3.63) is 29.8 Å². The van der Waals surface area contributed by atoms with E-state index in [-0.39, 0.29) is 17.0 Å². The molecule has 0 heterocycles. The number of benzene rings is 1. The Bertz CT molecular complexity index is 615. The fraction of sp³-hybridized carbons (Fsp3) is 0.462. The van der Waals surface area contributed by atoms with E-state index in [2.05, 4.69) is 4.72 Å². The van der Waals surface area contributed by atoms with E-state index in [0.717, 1.165) is 24.3 Å². The van der Waals surface area contributed by atoms with Crippen molar-refractivity contribution < 1.29 is 31.1 Å². The van der Waals surface area contributed by atoms with Crippen molar-refractivity contribution in [2.75, 3.05) is 26.8 Å². The minimum atomic E-state index is -4.51. The lowest BCUT2D eigenvalue weighted by molar-refractivity contribution is -0.123. The third-order valence-corrected chi connectivity index (χ3v) is 4.17. The summed E-state index contributed by atoms with van der Waals surface area (Å²) in [6, 6.07) is 4.60. The highest BCUT2D eigenvalue weighted by atomic mass is 32.2. The monoisotopic (exact) mass is 354 g/mol. The van der Waals surface area contributed by atoms with Crippen LogP contribution in [0.3, 0.4) is 0 Å². The molecule has 0 aliphatic carbocycles. The topological polar surface area (TPSA) is 84.5 Å². The van der Waals surface area contributed by atoms with Crippen LogP contribution in [0.5, 0.6) is 0 Å². The highest BCUT2D eigenvalue weighted by Crippen LogP contribution is 2.14. The smallest absolute Gasteiger partial charge is 0.385 e. The summed E-state index contributed by atoms with van der Waals surface area (Å²) in [6.07, 6.45) is -4.02. The van der Waals surface area contributed by atoms with Gasteiger partial charge in [-0.1, -0.05) is 0 Å². The van der Waals surface area contributed by atoms with Crippen molar-refractivity contribution in [3.8, 4) is 0 Å². The molecular formula is C13H17F3N2O4S. The predicted octanol–water partition coefficient (Wildman–Crippen LogP) is 1.29. The van der Waals surface area contributed by atoms with Gasteiger partial charge in [0.15, 0.2) is 0 Å². The number of hydrogen-bond acceptors (Lipinski definition) is 4. The molecule has 0 bridgehead atoms.